The number of nitrogens with one attached hydrogen (secondary N) is 2. The molecule has 0 saturated carbocycles. The first-order chi connectivity index (χ1) is 10.4. The van der Waals surface area contributed by atoms with Crippen molar-refractivity contribution in [3.8, 4) is 0 Å². The van der Waals surface area contributed by atoms with Crippen LogP contribution < -0.4 is 16.4 Å². The van der Waals surface area contributed by atoms with Crippen molar-refractivity contribution in [3.63, 3.8) is 0 Å². The van der Waals surface area contributed by atoms with Crippen LogP contribution in [-0.2, 0) is 19.1 Å². The molecule has 0 aliphatic carbocycles. The van der Waals surface area contributed by atoms with Gasteiger partial charge in [-0.1, -0.05) is 0 Å². The highest BCUT2D eigenvalue weighted by atomic mass is 16.6. The normalized spacial score (nSPS) is 13.6. The second kappa shape index (κ2) is 8.96. The molecule has 9 nitrogen and oxygen atoms in total. The minimum atomic E-state index is -1.19. The summed E-state index contributed by atoms with van der Waals surface area (Å²) >= 11 is 0. The standard InChI is InChI=1S/C14H25N3O6/c1-8(5-6-11(19)20)16-12(21)9(7-10(15)18)17-13(22)23-14(2,3)4/h8-9H,5-7H2,1-4H3,(H2,15,18)(H,16,21)(H,17,22)(H,19,20). The molecular weight excluding hydrogens is 306 g/mol. The molecule has 0 spiro atoms. The molecule has 132 valence electrons. The summed E-state index contributed by atoms with van der Waals surface area (Å²) in [7, 11) is 0. The van der Waals surface area contributed by atoms with Crippen LogP contribution in [-0.4, -0.2) is 46.7 Å². The van der Waals surface area contributed by atoms with Gasteiger partial charge in [0.1, 0.15) is 11.6 Å². The van der Waals surface area contributed by atoms with E-state index in [0.29, 0.717) is 0 Å². The van der Waals surface area contributed by atoms with Crippen LogP contribution in [0, 0.1) is 0 Å². The second-order valence-electron chi connectivity index (χ2n) is 6.21. The number of alkyl carbamates (subject to hydrolysis) is 1. The molecule has 2 atom stereocenters. The minimum absolute atomic E-state index is 0.110. The van der Waals surface area contributed by atoms with E-state index in [1.165, 1.54) is 0 Å². The van der Waals surface area contributed by atoms with Crippen LogP contribution in [0.4, 0.5) is 4.79 Å². The summed E-state index contributed by atoms with van der Waals surface area (Å²) in [5.41, 5.74) is 4.32. The summed E-state index contributed by atoms with van der Waals surface area (Å²) in [5.74, 6) is -2.38. The van der Waals surface area contributed by atoms with E-state index in [2.05, 4.69) is 10.6 Å². The molecule has 23 heavy (non-hydrogen) atoms. The molecule has 0 radical (unpaired) electrons. The van der Waals surface area contributed by atoms with Gasteiger partial charge in [-0.25, -0.2) is 4.79 Å². The highest BCUT2D eigenvalue weighted by Crippen LogP contribution is 2.07. The van der Waals surface area contributed by atoms with E-state index in [4.69, 9.17) is 15.6 Å². The summed E-state index contributed by atoms with van der Waals surface area (Å²) < 4.78 is 5.02. The van der Waals surface area contributed by atoms with E-state index in [1.807, 2.05) is 0 Å². The lowest BCUT2D eigenvalue weighted by atomic mass is 10.1. The molecule has 5 N–H and O–H groups in total. The maximum absolute atomic E-state index is 12.1. The second-order valence-corrected chi connectivity index (χ2v) is 6.21. The number of aliphatic carboxylic acids is 1. The Hall–Kier alpha value is -2.32. The van der Waals surface area contributed by atoms with Crippen molar-refractivity contribution in [3.05, 3.63) is 0 Å². The van der Waals surface area contributed by atoms with Crippen LogP contribution in [0.25, 0.3) is 0 Å². The Bertz CT molecular complexity index is 458. The van der Waals surface area contributed by atoms with Crippen molar-refractivity contribution >= 4 is 23.9 Å². The fraction of sp³-hybridized carbons (Fsp3) is 0.714. The molecule has 0 aliphatic rings. The Morgan fingerprint density at radius 1 is 1.17 bits per heavy atom. The van der Waals surface area contributed by atoms with Crippen molar-refractivity contribution < 1.29 is 29.0 Å². The van der Waals surface area contributed by atoms with E-state index in [0.717, 1.165) is 0 Å². The first kappa shape index (κ1) is 20.7. The average Bonchev–Trinajstić information content (AvgIpc) is 2.32. The molecule has 0 fully saturated rings. The smallest absolute Gasteiger partial charge is 0.408 e. The number of carbonyl (C=O) groups is 4. The number of carboxylic acid groups (broad SMARTS) is 1. The van der Waals surface area contributed by atoms with Gasteiger partial charge in [0, 0.05) is 12.5 Å². The molecule has 0 aliphatic heterocycles. The monoisotopic (exact) mass is 331 g/mol. The van der Waals surface area contributed by atoms with Crippen molar-refractivity contribution in [1.29, 1.82) is 0 Å². The SMILES string of the molecule is CC(CCC(=O)O)NC(=O)C(CC(N)=O)NC(=O)OC(C)(C)C. The number of primary amides is 1. The predicted molar refractivity (Wildman–Crippen MR) is 81.4 cm³/mol. The molecule has 9 heteroatoms. The lowest BCUT2D eigenvalue weighted by molar-refractivity contribution is -0.137. The topological polar surface area (TPSA) is 148 Å². The van der Waals surface area contributed by atoms with Crippen LogP contribution in [0.1, 0.15) is 47.0 Å². The molecule has 0 aromatic heterocycles. The molecule has 0 rings (SSSR count). The molecule has 0 bridgehead atoms. The van der Waals surface area contributed by atoms with Crippen LogP contribution in [0.3, 0.4) is 0 Å². The van der Waals surface area contributed by atoms with Crippen molar-refractivity contribution in [2.75, 3.05) is 0 Å². The van der Waals surface area contributed by atoms with Crippen molar-refractivity contribution in [2.24, 2.45) is 5.73 Å². The highest BCUT2D eigenvalue weighted by molar-refractivity contribution is 5.90. The number of hydrogen-bond acceptors (Lipinski definition) is 5. The lowest BCUT2D eigenvalue weighted by Gasteiger charge is -2.23. The Labute approximate surface area is 134 Å². The fourth-order valence-electron chi connectivity index (χ4n) is 1.62. The zero-order chi connectivity index (χ0) is 18.2. The summed E-state index contributed by atoms with van der Waals surface area (Å²) in [5, 5.41) is 13.4. The summed E-state index contributed by atoms with van der Waals surface area (Å²) in [6.45, 7) is 6.59. The van der Waals surface area contributed by atoms with Gasteiger partial charge in [0.2, 0.25) is 11.8 Å². The molecular formula is C14H25N3O6. The number of nitrogens with two attached hydrogens (primary N) is 1. The van der Waals surface area contributed by atoms with Gasteiger partial charge in [-0.05, 0) is 34.1 Å². The van der Waals surface area contributed by atoms with Crippen molar-refractivity contribution in [2.45, 2.75) is 64.6 Å². The number of rotatable bonds is 8. The number of carbonyl (C=O) groups excluding carboxylic acids is 3. The van der Waals surface area contributed by atoms with Crippen LogP contribution in [0.5, 0.6) is 0 Å². The molecule has 2 unspecified atom stereocenters. The molecule has 0 aromatic rings. The average molecular weight is 331 g/mol. The first-order valence-electron chi connectivity index (χ1n) is 7.20. The zero-order valence-electron chi connectivity index (χ0n) is 13.8. The maximum atomic E-state index is 12.1. The van der Waals surface area contributed by atoms with Gasteiger partial charge in [0.05, 0.1) is 6.42 Å². The van der Waals surface area contributed by atoms with Crippen LogP contribution in [0.15, 0.2) is 0 Å². The molecule has 3 amide bonds. The molecule has 0 aromatic carbocycles. The first-order valence-corrected chi connectivity index (χ1v) is 7.20. The van der Waals surface area contributed by atoms with E-state index in [1.54, 1.807) is 27.7 Å². The van der Waals surface area contributed by atoms with E-state index < -0.39 is 48.0 Å². The van der Waals surface area contributed by atoms with E-state index in [-0.39, 0.29) is 12.8 Å². The van der Waals surface area contributed by atoms with Gasteiger partial charge in [0.25, 0.3) is 0 Å². The minimum Gasteiger partial charge on any atom is -0.481 e. The van der Waals surface area contributed by atoms with Gasteiger partial charge in [0.15, 0.2) is 0 Å². The van der Waals surface area contributed by atoms with Gasteiger partial charge in [-0.3, -0.25) is 14.4 Å². The van der Waals surface area contributed by atoms with Gasteiger partial charge in [-0.2, -0.15) is 0 Å². The number of carboxylic acids is 1. The number of ether oxygens (including phenoxy) is 1. The van der Waals surface area contributed by atoms with Crippen LogP contribution >= 0.6 is 0 Å². The number of amides is 3. The molecule has 0 heterocycles. The van der Waals surface area contributed by atoms with Gasteiger partial charge < -0.3 is 26.2 Å². The largest absolute Gasteiger partial charge is 0.481 e. The zero-order valence-corrected chi connectivity index (χ0v) is 13.8. The predicted octanol–water partition coefficient (Wildman–Crippen LogP) is 0.125. The summed E-state index contributed by atoms with van der Waals surface area (Å²) in [6.07, 6.45) is -1.13. The lowest BCUT2D eigenvalue weighted by Crippen LogP contribution is -2.51. The Morgan fingerprint density at radius 3 is 2.17 bits per heavy atom. The van der Waals surface area contributed by atoms with Gasteiger partial charge >= 0.3 is 12.1 Å². The maximum Gasteiger partial charge on any atom is 0.408 e. The van der Waals surface area contributed by atoms with E-state index >= 15 is 0 Å². The Balaban J connectivity index is 4.69. The third-order valence-electron chi connectivity index (χ3n) is 2.59. The quantitative estimate of drug-likeness (QED) is 0.496. The van der Waals surface area contributed by atoms with E-state index in [9.17, 15) is 19.2 Å². The van der Waals surface area contributed by atoms with Gasteiger partial charge in [-0.15, -0.1) is 0 Å². The summed E-state index contributed by atoms with van der Waals surface area (Å²) in [6, 6.07) is -1.62. The van der Waals surface area contributed by atoms with Crippen molar-refractivity contribution in [1.82, 2.24) is 10.6 Å². The number of hydrogen-bond donors (Lipinski definition) is 4. The van der Waals surface area contributed by atoms with Crippen LogP contribution in [0.2, 0.25) is 0 Å². The third-order valence-corrected chi connectivity index (χ3v) is 2.59. The molecule has 0 saturated heterocycles. The Morgan fingerprint density at radius 2 is 1.74 bits per heavy atom. The summed E-state index contributed by atoms with van der Waals surface area (Å²) in [4.78, 5) is 45.4. The highest BCUT2D eigenvalue weighted by Gasteiger charge is 2.26. The third kappa shape index (κ3) is 11.0. The fourth-order valence-corrected chi connectivity index (χ4v) is 1.62. The Kier molecular flexibility index (Phi) is 8.06.